The minimum Gasteiger partial charge on any atom is -0.494 e. The highest BCUT2D eigenvalue weighted by Crippen LogP contribution is 2.23. The molecule has 1 aliphatic heterocycles. The van der Waals surface area contributed by atoms with Crippen LogP contribution in [0.1, 0.15) is 44.7 Å². The van der Waals surface area contributed by atoms with Crippen molar-refractivity contribution in [3.8, 4) is 5.75 Å². The number of likely N-dealkylation sites (N-methyl/N-ethyl adjacent to an activating group) is 1. The van der Waals surface area contributed by atoms with Crippen molar-refractivity contribution < 1.29 is 4.74 Å². The third-order valence-corrected chi connectivity index (χ3v) is 4.21. The Hall–Kier alpha value is -1.06. The summed E-state index contributed by atoms with van der Waals surface area (Å²) in [4.78, 5) is 2.59. The molecule has 0 radical (unpaired) electrons. The smallest absolute Gasteiger partial charge is 0.119 e. The van der Waals surface area contributed by atoms with Crippen LogP contribution in [0.15, 0.2) is 24.3 Å². The van der Waals surface area contributed by atoms with Gasteiger partial charge in [-0.1, -0.05) is 19.1 Å². The van der Waals surface area contributed by atoms with Crippen LogP contribution in [-0.4, -0.2) is 37.7 Å². The van der Waals surface area contributed by atoms with Crippen LogP contribution in [-0.2, 0) is 0 Å². The van der Waals surface area contributed by atoms with Crippen LogP contribution in [0.4, 0.5) is 0 Å². The van der Waals surface area contributed by atoms with Gasteiger partial charge in [-0.05, 0) is 57.5 Å². The van der Waals surface area contributed by atoms with E-state index < -0.39 is 0 Å². The molecular weight excluding hydrogens is 248 g/mol. The molecular formula is C17H28N2O. The summed E-state index contributed by atoms with van der Waals surface area (Å²) in [7, 11) is 2.05. The Balaban J connectivity index is 1.96. The predicted octanol–water partition coefficient (Wildman–Crippen LogP) is 3.22. The second-order valence-corrected chi connectivity index (χ2v) is 5.74. The maximum atomic E-state index is 5.64. The molecule has 0 bridgehead atoms. The molecule has 3 heteroatoms. The summed E-state index contributed by atoms with van der Waals surface area (Å²) >= 11 is 0. The summed E-state index contributed by atoms with van der Waals surface area (Å²) in [5.74, 6) is 0.972. The van der Waals surface area contributed by atoms with Gasteiger partial charge in [-0.25, -0.2) is 0 Å². The Kier molecular flexibility index (Phi) is 5.86. The van der Waals surface area contributed by atoms with Gasteiger partial charge in [0.15, 0.2) is 0 Å². The fourth-order valence-electron chi connectivity index (χ4n) is 2.88. The average molecular weight is 276 g/mol. The van der Waals surface area contributed by atoms with E-state index in [4.69, 9.17) is 4.74 Å². The SMILES string of the molecule is CCCOc1ccc(C(CN2CCCC2C)NC)cc1. The highest BCUT2D eigenvalue weighted by atomic mass is 16.5. The van der Waals surface area contributed by atoms with Crippen molar-refractivity contribution in [2.45, 2.75) is 45.2 Å². The number of hydrogen-bond acceptors (Lipinski definition) is 3. The molecule has 20 heavy (non-hydrogen) atoms. The van der Waals surface area contributed by atoms with Crippen LogP contribution < -0.4 is 10.1 Å². The molecule has 1 saturated heterocycles. The fraction of sp³-hybridized carbons (Fsp3) is 0.647. The monoisotopic (exact) mass is 276 g/mol. The molecule has 1 aliphatic rings. The first-order chi connectivity index (χ1) is 9.74. The zero-order valence-corrected chi connectivity index (χ0v) is 13.1. The maximum Gasteiger partial charge on any atom is 0.119 e. The molecule has 1 fully saturated rings. The van der Waals surface area contributed by atoms with Gasteiger partial charge in [0.25, 0.3) is 0 Å². The van der Waals surface area contributed by atoms with Crippen molar-refractivity contribution in [2.75, 3.05) is 26.7 Å². The Bertz CT molecular complexity index is 390. The Labute approximate surface area is 123 Å². The lowest BCUT2D eigenvalue weighted by atomic mass is 10.1. The molecule has 0 aliphatic carbocycles. The van der Waals surface area contributed by atoms with Gasteiger partial charge in [-0.3, -0.25) is 4.90 Å². The van der Waals surface area contributed by atoms with Gasteiger partial charge in [0, 0.05) is 18.6 Å². The number of likely N-dealkylation sites (tertiary alicyclic amines) is 1. The largest absolute Gasteiger partial charge is 0.494 e. The van der Waals surface area contributed by atoms with Gasteiger partial charge >= 0.3 is 0 Å². The van der Waals surface area contributed by atoms with Crippen LogP contribution in [0, 0.1) is 0 Å². The van der Waals surface area contributed by atoms with Crippen LogP contribution in [0.2, 0.25) is 0 Å². The summed E-state index contributed by atoms with van der Waals surface area (Å²) in [6.45, 7) is 7.58. The van der Waals surface area contributed by atoms with Crippen molar-refractivity contribution in [1.29, 1.82) is 0 Å². The van der Waals surface area contributed by atoms with Gasteiger partial charge in [-0.15, -0.1) is 0 Å². The molecule has 2 unspecified atom stereocenters. The summed E-state index contributed by atoms with van der Waals surface area (Å²) in [5, 5.41) is 3.45. The van der Waals surface area contributed by atoms with Gasteiger partial charge in [0.1, 0.15) is 5.75 Å². The highest BCUT2D eigenvalue weighted by Gasteiger charge is 2.23. The Morgan fingerprint density at radius 1 is 1.35 bits per heavy atom. The van der Waals surface area contributed by atoms with E-state index in [0.29, 0.717) is 6.04 Å². The van der Waals surface area contributed by atoms with Crippen LogP contribution in [0.25, 0.3) is 0 Å². The Morgan fingerprint density at radius 3 is 2.65 bits per heavy atom. The van der Waals surface area contributed by atoms with Crippen molar-refractivity contribution in [3.05, 3.63) is 29.8 Å². The van der Waals surface area contributed by atoms with E-state index >= 15 is 0 Å². The first-order valence-corrected chi connectivity index (χ1v) is 7.88. The third-order valence-electron chi connectivity index (χ3n) is 4.21. The molecule has 1 aromatic rings. The summed E-state index contributed by atoms with van der Waals surface area (Å²) < 4.78 is 5.64. The third kappa shape index (κ3) is 3.97. The second kappa shape index (κ2) is 7.65. The average Bonchev–Trinajstić information content (AvgIpc) is 2.88. The van der Waals surface area contributed by atoms with Crippen molar-refractivity contribution in [2.24, 2.45) is 0 Å². The maximum absolute atomic E-state index is 5.64. The molecule has 1 aromatic carbocycles. The minimum atomic E-state index is 0.399. The van der Waals surface area contributed by atoms with Crippen LogP contribution in [0.5, 0.6) is 5.75 Å². The standard InChI is InChI=1S/C17H28N2O/c1-4-12-20-16-9-7-15(8-10-16)17(18-3)13-19-11-5-6-14(19)2/h7-10,14,17-18H,4-6,11-13H2,1-3H3. The first kappa shape index (κ1) is 15.3. The van der Waals surface area contributed by atoms with Crippen LogP contribution >= 0.6 is 0 Å². The molecule has 2 rings (SSSR count). The predicted molar refractivity (Wildman–Crippen MR) is 84.3 cm³/mol. The topological polar surface area (TPSA) is 24.5 Å². The molecule has 1 heterocycles. The zero-order valence-electron chi connectivity index (χ0n) is 13.1. The normalized spacial score (nSPS) is 21.1. The fourth-order valence-corrected chi connectivity index (χ4v) is 2.88. The lowest BCUT2D eigenvalue weighted by Crippen LogP contribution is -2.35. The van der Waals surface area contributed by atoms with Crippen molar-refractivity contribution in [3.63, 3.8) is 0 Å². The molecule has 0 amide bonds. The summed E-state index contributed by atoms with van der Waals surface area (Å²) in [6.07, 6.45) is 3.72. The number of benzene rings is 1. The summed E-state index contributed by atoms with van der Waals surface area (Å²) in [6, 6.07) is 9.67. The number of nitrogens with one attached hydrogen (secondary N) is 1. The number of hydrogen-bond donors (Lipinski definition) is 1. The van der Waals surface area contributed by atoms with E-state index in [1.807, 2.05) is 7.05 Å². The lowest BCUT2D eigenvalue weighted by Gasteiger charge is -2.27. The molecule has 0 spiro atoms. The van der Waals surface area contributed by atoms with Gasteiger partial charge < -0.3 is 10.1 Å². The van der Waals surface area contributed by atoms with E-state index in [1.54, 1.807) is 0 Å². The van der Waals surface area contributed by atoms with Crippen molar-refractivity contribution in [1.82, 2.24) is 10.2 Å². The molecule has 1 N–H and O–H groups in total. The quantitative estimate of drug-likeness (QED) is 0.827. The van der Waals surface area contributed by atoms with E-state index in [0.717, 1.165) is 31.4 Å². The second-order valence-electron chi connectivity index (χ2n) is 5.74. The Morgan fingerprint density at radius 2 is 2.10 bits per heavy atom. The molecule has 0 aromatic heterocycles. The van der Waals surface area contributed by atoms with E-state index in [2.05, 4.69) is 48.3 Å². The van der Waals surface area contributed by atoms with Gasteiger partial charge in [0.05, 0.1) is 6.61 Å². The molecule has 3 nitrogen and oxygen atoms in total. The van der Waals surface area contributed by atoms with Crippen molar-refractivity contribution >= 4 is 0 Å². The van der Waals surface area contributed by atoms with E-state index in [9.17, 15) is 0 Å². The van der Waals surface area contributed by atoms with E-state index in [1.165, 1.54) is 24.9 Å². The number of ether oxygens (including phenoxy) is 1. The summed E-state index contributed by atoms with van der Waals surface area (Å²) in [5.41, 5.74) is 1.34. The van der Waals surface area contributed by atoms with Gasteiger partial charge in [-0.2, -0.15) is 0 Å². The first-order valence-electron chi connectivity index (χ1n) is 7.88. The zero-order chi connectivity index (χ0) is 14.4. The highest BCUT2D eigenvalue weighted by molar-refractivity contribution is 5.29. The molecule has 0 saturated carbocycles. The van der Waals surface area contributed by atoms with Gasteiger partial charge in [0.2, 0.25) is 0 Å². The molecule has 112 valence electrons. The number of rotatable bonds is 7. The minimum absolute atomic E-state index is 0.399. The molecule has 2 atom stereocenters. The van der Waals surface area contributed by atoms with Crippen LogP contribution in [0.3, 0.4) is 0 Å². The number of nitrogens with zero attached hydrogens (tertiary/aromatic N) is 1. The lowest BCUT2D eigenvalue weighted by molar-refractivity contribution is 0.241. The van der Waals surface area contributed by atoms with E-state index in [-0.39, 0.29) is 0 Å².